The zero-order chi connectivity index (χ0) is 17.4. The van der Waals surface area contributed by atoms with Gasteiger partial charge in [0.2, 0.25) is 0 Å². The molecule has 2 N–H and O–H groups in total. The molecule has 23 heavy (non-hydrogen) atoms. The van der Waals surface area contributed by atoms with E-state index in [9.17, 15) is 18.3 Å². The van der Waals surface area contributed by atoms with Gasteiger partial charge in [0, 0.05) is 17.5 Å². The number of rotatable bonds is 3. The molecule has 126 valence electrons. The highest BCUT2D eigenvalue weighted by molar-refractivity contribution is 5.85. The van der Waals surface area contributed by atoms with Gasteiger partial charge in [0.15, 0.2) is 0 Å². The van der Waals surface area contributed by atoms with Crippen LogP contribution in [0.5, 0.6) is 0 Å². The van der Waals surface area contributed by atoms with Gasteiger partial charge in [0.1, 0.15) is 6.10 Å². The normalized spacial score (nSPS) is 14.3. The van der Waals surface area contributed by atoms with Gasteiger partial charge in [-0.15, -0.1) is 0 Å². The Labute approximate surface area is 133 Å². The van der Waals surface area contributed by atoms with Gasteiger partial charge in [-0.25, -0.2) is 4.98 Å². The highest BCUT2D eigenvalue weighted by atomic mass is 19.4. The molecule has 0 radical (unpaired) electrons. The fourth-order valence-electron chi connectivity index (χ4n) is 2.35. The fraction of sp³-hybridized carbons (Fsp3) is 0.471. The van der Waals surface area contributed by atoms with Crippen molar-refractivity contribution in [1.29, 1.82) is 0 Å². The number of aryl methyl sites for hydroxylation is 1. The van der Waals surface area contributed by atoms with Crippen molar-refractivity contribution in [3.63, 3.8) is 0 Å². The third kappa shape index (κ3) is 4.20. The lowest BCUT2D eigenvalue weighted by atomic mass is 10.0. The van der Waals surface area contributed by atoms with Gasteiger partial charge < -0.3 is 10.4 Å². The van der Waals surface area contributed by atoms with E-state index in [1.54, 1.807) is 19.1 Å². The van der Waals surface area contributed by atoms with Crippen LogP contribution >= 0.6 is 0 Å². The number of fused-ring (bicyclic) bond motifs is 1. The fourth-order valence-corrected chi connectivity index (χ4v) is 2.35. The van der Waals surface area contributed by atoms with Gasteiger partial charge in [-0.2, -0.15) is 13.2 Å². The standard InChI is InChI=1S/C17H21F3N2O/c1-10-8-13(14(23)9-21-16(2,3)4)22-15-11(10)6-5-7-12(15)17(18,19)20/h5-8,14,21,23H,9H2,1-4H3/t14-/m1/s1. The van der Waals surface area contributed by atoms with Gasteiger partial charge in [0.05, 0.1) is 16.8 Å². The molecule has 0 unspecified atom stereocenters. The molecule has 1 aromatic carbocycles. The number of aliphatic hydroxyl groups excluding tert-OH is 1. The summed E-state index contributed by atoms with van der Waals surface area (Å²) in [7, 11) is 0. The first-order chi connectivity index (χ1) is 10.5. The SMILES string of the molecule is Cc1cc([C@H](O)CNC(C)(C)C)nc2c(C(F)(F)F)cccc12. The number of β-amino-alcohol motifs (C(OH)–C–C–N with tert-alkyl or cyclic N) is 1. The summed E-state index contributed by atoms with van der Waals surface area (Å²) in [4.78, 5) is 4.09. The van der Waals surface area contributed by atoms with E-state index in [0.717, 1.165) is 6.07 Å². The lowest BCUT2D eigenvalue weighted by Crippen LogP contribution is -2.38. The average molecular weight is 326 g/mol. The Balaban J connectivity index is 2.47. The molecule has 1 aromatic heterocycles. The van der Waals surface area contributed by atoms with Crippen molar-refractivity contribution >= 4 is 10.9 Å². The number of benzene rings is 1. The van der Waals surface area contributed by atoms with Gasteiger partial charge in [0.25, 0.3) is 0 Å². The Kier molecular flexibility index (Phi) is 4.69. The largest absolute Gasteiger partial charge is 0.418 e. The van der Waals surface area contributed by atoms with E-state index < -0.39 is 17.8 Å². The lowest BCUT2D eigenvalue weighted by Gasteiger charge is -2.23. The summed E-state index contributed by atoms with van der Waals surface area (Å²) in [5.41, 5.74) is -0.209. The third-order valence-corrected chi connectivity index (χ3v) is 3.54. The number of nitrogens with one attached hydrogen (secondary N) is 1. The zero-order valence-electron chi connectivity index (χ0n) is 13.6. The first-order valence-electron chi connectivity index (χ1n) is 7.39. The second-order valence-corrected chi connectivity index (χ2v) is 6.71. The Morgan fingerprint density at radius 3 is 2.43 bits per heavy atom. The summed E-state index contributed by atoms with van der Waals surface area (Å²) >= 11 is 0. The zero-order valence-corrected chi connectivity index (χ0v) is 13.6. The number of para-hydroxylation sites is 1. The maximum Gasteiger partial charge on any atom is 0.418 e. The Morgan fingerprint density at radius 2 is 1.87 bits per heavy atom. The Bertz CT molecular complexity index is 705. The van der Waals surface area contributed by atoms with E-state index in [1.807, 2.05) is 20.8 Å². The van der Waals surface area contributed by atoms with Gasteiger partial charge >= 0.3 is 6.18 Å². The van der Waals surface area contributed by atoms with Crippen molar-refractivity contribution < 1.29 is 18.3 Å². The molecule has 0 aliphatic carbocycles. The van der Waals surface area contributed by atoms with Crippen LogP contribution < -0.4 is 5.32 Å². The molecule has 0 saturated heterocycles. The Hall–Kier alpha value is -1.66. The molecule has 0 aliphatic rings. The minimum Gasteiger partial charge on any atom is -0.385 e. The van der Waals surface area contributed by atoms with Gasteiger partial charge in [-0.05, 0) is 45.4 Å². The van der Waals surface area contributed by atoms with E-state index in [-0.39, 0.29) is 23.3 Å². The highest BCUT2D eigenvalue weighted by Gasteiger charge is 2.33. The summed E-state index contributed by atoms with van der Waals surface area (Å²) in [5, 5.41) is 13.8. The molecule has 0 saturated carbocycles. The predicted molar refractivity (Wildman–Crippen MR) is 84.2 cm³/mol. The summed E-state index contributed by atoms with van der Waals surface area (Å²) in [6.45, 7) is 7.77. The number of halogens is 3. The van der Waals surface area contributed by atoms with Crippen LogP contribution in [-0.2, 0) is 6.18 Å². The molecule has 1 heterocycles. The van der Waals surface area contributed by atoms with Crippen LogP contribution in [0.4, 0.5) is 13.2 Å². The van der Waals surface area contributed by atoms with Crippen molar-refractivity contribution in [3.05, 3.63) is 41.1 Å². The van der Waals surface area contributed by atoms with Crippen LogP contribution in [0.15, 0.2) is 24.3 Å². The first kappa shape index (κ1) is 17.7. The quantitative estimate of drug-likeness (QED) is 0.897. The van der Waals surface area contributed by atoms with Crippen molar-refractivity contribution in [2.75, 3.05) is 6.54 Å². The summed E-state index contributed by atoms with van der Waals surface area (Å²) in [5.74, 6) is 0. The molecule has 0 fully saturated rings. The molecule has 0 spiro atoms. The molecular formula is C17H21F3N2O. The van der Waals surface area contributed by atoms with Crippen LogP contribution in [0, 0.1) is 6.92 Å². The smallest absolute Gasteiger partial charge is 0.385 e. The summed E-state index contributed by atoms with van der Waals surface area (Å²) in [6.07, 6.45) is -5.45. The van der Waals surface area contributed by atoms with Crippen LogP contribution in [0.2, 0.25) is 0 Å². The monoisotopic (exact) mass is 326 g/mol. The van der Waals surface area contributed by atoms with Gasteiger partial charge in [-0.3, -0.25) is 0 Å². The molecule has 1 atom stereocenters. The molecule has 2 aromatic rings. The maximum atomic E-state index is 13.2. The minimum absolute atomic E-state index is 0.121. The third-order valence-electron chi connectivity index (χ3n) is 3.54. The highest BCUT2D eigenvalue weighted by Crippen LogP contribution is 2.35. The van der Waals surface area contributed by atoms with E-state index in [4.69, 9.17) is 0 Å². The minimum atomic E-state index is -4.48. The predicted octanol–water partition coefficient (Wildman–Crippen LogP) is 3.98. The number of aliphatic hydroxyl groups is 1. The first-order valence-corrected chi connectivity index (χ1v) is 7.39. The molecule has 0 bridgehead atoms. The van der Waals surface area contributed by atoms with E-state index in [2.05, 4.69) is 10.3 Å². The van der Waals surface area contributed by atoms with Crippen molar-refractivity contribution in [3.8, 4) is 0 Å². The van der Waals surface area contributed by atoms with Gasteiger partial charge in [-0.1, -0.05) is 12.1 Å². The number of hydrogen-bond acceptors (Lipinski definition) is 3. The number of aromatic nitrogens is 1. The molecule has 3 nitrogen and oxygen atoms in total. The molecule has 6 heteroatoms. The van der Waals surface area contributed by atoms with Crippen LogP contribution in [-0.4, -0.2) is 22.2 Å². The Morgan fingerprint density at radius 1 is 1.22 bits per heavy atom. The maximum absolute atomic E-state index is 13.2. The summed E-state index contributed by atoms with van der Waals surface area (Å²) < 4.78 is 39.5. The second-order valence-electron chi connectivity index (χ2n) is 6.71. The molecule has 0 amide bonds. The summed E-state index contributed by atoms with van der Waals surface area (Å²) in [6, 6.07) is 5.63. The number of pyridine rings is 1. The van der Waals surface area contributed by atoms with Crippen LogP contribution in [0.1, 0.15) is 43.7 Å². The molecule has 0 aliphatic heterocycles. The second kappa shape index (κ2) is 6.09. The molecular weight excluding hydrogens is 305 g/mol. The van der Waals surface area contributed by atoms with Crippen LogP contribution in [0.25, 0.3) is 10.9 Å². The average Bonchev–Trinajstić information content (AvgIpc) is 2.42. The van der Waals surface area contributed by atoms with Crippen molar-refractivity contribution in [2.24, 2.45) is 0 Å². The number of alkyl halides is 3. The topological polar surface area (TPSA) is 45.1 Å². The van der Waals surface area contributed by atoms with Crippen molar-refractivity contribution in [1.82, 2.24) is 10.3 Å². The van der Waals surface area contributed by atoms with E-state index in [0.29, 0.717) is 10.9 Å². The van der Waals surface area contributed by atoms with E-state index >= 15 is 0 Å². The van der Waals surface area contributed by atoms with Crippen LogP contribution in [0.3, 0.4) is 0 Å². The van der Waals surface area contributed by atoms with E-state index in [1.165, 1.54) is 6.07 Å². The van der Waals surface area contributed by atoms with Crippen molar-refractivity contribution in [2.45, 2.75) is 45.5 Å². The number of nitrogens with zero attached hydrogens (tertiary/aromatic N) is 1. The molecule has 2 rings (SSSR count). The lowest BCUT2D eigenvalue weighted by molar-refractivity contribution is -0.136. The number of hydrogen-bond donors (Lipinski definition) is 2.